The third-order valence-electron chi connectivity index (χ3n) is 10.7. The monoisotopic (exact) mass is 418 g/mol. The van der Waals surface area contributed by atoms with Crippen LogP contribution in [0.4, 0.5) is 0 Å². The third-order valence-corrected chi connectivity index (χ3v) is 10.7. The number of aliphatic carboxylic acids is 1. The molecular formula is C26H42O4. The third kappa shape index (κ3) is 3.27. The van der Waals surface area contributed by atoms with Crippen molar-refractivity contribution in [2.24, 2.45) is 52.3 Å². The number of carbonyl (C=O) groups excluding carboxylic acids is 1. The number of carboxylic acids is 1. The first kappa shape index (κ1) is 22.3. The van der Waals surface area contributed by atoms with Crippen molar-refractivity contribution in [1.82, 2.24) is 0 Å². The molecule has 4 aliphatic carbocycles. The summed E-state index contributed by atoms with van der Waals surface area (Å²) in [5, 5.41) is 19.5. The van der Waals surface area contributed by atoms with Crippen molar-refractivity contribution in [2.45, 2.75) is 98.0 Å². The van der Waals surface area contributed by atoms with E-state index in [1.54, 1.807) is 0 Å². The van der Waals surface area contributed by atoms with Gasteiger partial charge in [0.2, 0.25) is 0 Å². The highest BCUT2D eigenvalue weighted by molar-refractivity contribution is 5.86. The second-order valence-electron chi connectivity index (χ2n) is 11.8. The standard InChI is InChI=1S/C26H42O4/c1-5-17-21-14-16(27)10-12-26(21,4)20-11-13-25(3)18(15(2)6-9-22(28)29)7-8-19(25)23(20)24(17)30/h15-21,23,27H,5-14H2,1-4H3,(H,28,29)/t15?,16?,17?,18?,19?,20?,21?,23?,25-,26-/m1/s1. The Labute approximate surface area is 182 Å². The van der Waals surface area contributed by atoms with E-state index >= 15 is 0 Å². The van der Waals surface area contributed by atoms with Crippen molar-refractivity contribution < 1.29 is 19.8 Å². The van der Waals surface area contributed by atoms with Gasteiger partial charge in [0.05, 0.1) is 6.10 Å². The highest BCUT2D eigenvalue weighted by Gasteiger charge is 2.65. The number of ketones is 1. The molecule has 0 aromatic rings. The van der Waals surface area contributed by atoms with E-state index in [4.69, 9.17) is 5.11 Å². The van der Waals surface area contributed by atoms with E-state index in [2.05, 4.69) is 27.7 Å². The van der Waals surface area contributed by atoms with Gasteiger partial charge in [0.15, 0.2) is 0 Å². The Morgan fingerprint density at radius 2 is 1.73 bits per heavy atom. The molecular weight excluding hydrogens is 376 g/mol. The molecule has 0 aromatic carbocycles. The van der Waals surface area contributed by atoms with E-state index in [0.29, 0.717) is 35.4 Å². The number of rotatable bonds is 5. The number of hydrogen-bond donors (Lipinski definition) is 2. The molecule has 0 saturated heterocycles. The van der Waals surface area contributed by atoms with Crippen LogP contribution in [0.3, 0.4) is 0 Å². The molecule has 170 valence electrons. The number of aliphatic hydroxyl groups is 1. The Hall–Kier alpha value is -0.900. The van der Waals surface area contributed by atoms with Crippen LogP contribution in [0.2, 0.25) is 0 Å². The lowest BCUT2D eigenvalue weighted by molar-refractivity contribution is -0.173. The van der Waals surface area contributed by atoms with Crippen LogP contribution in [0.15, 0.2) is 0 Å². The molecule has 30 heavy (non-hydrogen) atoms. The smallest absolute Gasteiger partial charge is 0.303 e. The van der Waals surface area contributed by atoms with Crippen LogP contribution >= 0.6 is 0 Å². The molecule has 0 bridgehead atoms. The zero-order valence-corrected chi connectivity index (χ0v) is 19.4. The summed E-state index contributed by atoms with van der Waals surface area (Å²) in [4.78, 5) is 25.0. The second-order valence-corrected chi connectivity index (χ2v) is 11.8. The second kappa shape index (κ2) is 7.90. The zero-order valence-electron chi connectivity index (χ0n) is 19.4. The Kier molecular flexibility index (Phi) is 5.87. The van der Waals surface area contributed by atoms with Gasteiger partial charge in [-0.05, 0) is 98.2 Å². The van der Waals surface area contributed by atoms with Crippen LogP contribution in [0.5, 0.6) is 0 Å². The number of aliphatic hydroxyl groups excluding tert-OH is 1. The zero-order chi connectivity index (χ0) is 21.8. The van der Waals surface area contributed by atoms with Crippen LogP contribution in [-0.2, 0) is 9.59 Å². The minimum atomic E-state index is -0.697. The lowest BCUT2D eigenvalue weighted by atomic mass is 9.42. The Morgan fingerprint density at radius 3 is 2.40 bits per heavy atom. The van der Waals surface area contributed by atoms with E-state index < -0.39 is 5.97 Å². The predicted octanol–water partition coefficient (Wildman–Crippen LogP) is 5.32. The molecule has 0 aromatic heterocycles. The van der Waals surface area contributed by atoms with Crippen LogP contribution in [-0.4, -0.2) is 28.1 Å². The maximum Gasteiger partial charge on any atom is 0.303 e. The highest BCUT2D eigenvalue weighted by Crippen LogP contribution is 2.68. The normalized spacial score (nSPS) is 49.1. The maximum absolute atomic E-state index is 13.9. The van der Waals surface area contributed by atoms with Gasteiger partial charge in [-0.3, -0.25) is 9.59 Å². The van der Waals surface area contributed by atoms with E-state index in [1.165, 1.54) is 6.42 Å². The van der Waals surface area contributed by atoms with Gasteiger partial charge in [0.25, 0.3) is 0 Å². The van der Waals surface area contributed by atoms with Gasteiger partial charge in [-0.25, -0.2) is 0 Å². The summed E-state index contributed by atoms with van der Waals surface area (Å²) in [7, 11) is 0. The molecule has 4 rings (SSSR count). The van der Waals surface area contributed by atoms with Crippen molar-refractivity contribution in [3.8, 4) is 0 Å². The van der Waals surface area contributed by atoms with Crippen molar-refractivity contribution >= 4 is 11.8 Å². The summed E-state index contributed by atoms with van der Waals surface area (Å²) < 4.78 is 0. The number of carboxylic acid groups (broad SMARTS) is 1. The number of hydrogen-bond acceptors (Lipinski definition) is 3. The minimum absolute atomic E-state index is 0.108. The first-order valence-electron chi connectivity index (χ1n) is 12.6. The average Bonchev–Trinajstić information content (AvgIpc) is 3.05. The van der Waals surface area contributed by atoms with Crippen molar-refractivity contribution in [1.29, 1.82) is 0 Å². The molecule has 4 heteroatoms. The largest absolute Gasteiger partial charge is 0.481 e. The summed E-state index contributed by atoms with van der Waals surface area (Å²) >= 11 is 0. The SMILES string of the molecule is CCC1C(=O)C2C(CC[C@]3(C)C(C(C)CCC(=O)O)CCC23)[C@@]2(C)CCC(O)CC12. The van der Waals surface area contributed by atoms with Gasteiger partial charge >= 0.3 is 5.97 Å². The maximum atomic E-state index is 13.9. The van der Waals surface area contributed by atoms with E-state index in [1.807, 2.05) is 0 Å². The van der Waals surface area contributed by atoms with Gasteiger partial charge < -0.3 is 10.2 Å². The summed E-state index contributed by atoms with van der Waals surface area (Å²) in [6.45, 7) is 9.28. The molecule has 4 aliphatic rings. The molecule has 0 amide bonds. The number of fused-ring (bicyclic) bond motifs is 5. The van der Waals surface area contributed by atoms with Crippen LogP contribution in [0.25, 0.3) is 0 Å². The molecule has 0 radical (unpaired) electrons. The lowest BCUT2D eigenvalue weighted by Gasteiger charge is -2.62. The van der Waals surface area contributed by atoms with Gasteiger partial charge in [-0.15, -0.1) is 0 Å². The Balaban J connectivity index is 1.62. The molecule has 2 N–H and O–H groups in total. The highest BCUT2D eigenvalue weighted by atomic mass is 16.4. The fraction of sp³-hybridized carbons (Fsp3) is 0.923. The van der Waals surface area contributed by atoms with Gasteiger partial charge in [-0.1, -0.05) is 27.7 Å². The molecule has 8 unspecified atom stereocenters. The van der Waals surface area contributed by atoms with Crippen molar-refractivity contribution in [2.75, 3.05) is 0 Å². The van der Waals surface area contributed by atoms with Gasteiger partial charge in [0.1, 0.15) is 5.78 Å². The predicted molar refractivity (Wildman–Crippen MR) is 117 cm³/mol. The van der Waals surface area contributed by atoms with Crippen LogP contribution in [0.1, 0.15) is 91.9 Å². The molecule has 4 fully saturated rings. The average molecular weight is 419 g/mol. The topological polar surface area (TPSA) is 74.6 Å². The first-order valence-corrected chi connectivity index (χ1v) is 12.6. The Morgan fingerprint density at radius 1 is 1.07 bits per heavy atom. The summed E-state index contributed by atoms with van der Waals surface area (Å²) in [5.41, 5.74) is 0.358. The fourth-order valence-electron chi connectivity index (χ4n) is 9.16. The van der Waals surface area contributed by atoms with Crippen LogP contribution in [0, 0.1) is 52.3 Å². The number of Topliss-reactive ketones (excluding diaryl/α,β-unsaturated/α-hetero) is 1. The fourth-order valence-corrected chi connectivity index (χ4v) is 9.16. The van der Waals surface area contributed by atoms with Gasteiger partial charge in [0, 0.05) is 18.3 Å². The first-order chi connectivity index (χ1) is 14.1. The molecule has 4 nitrogen and oxygen atoms in total. The van der Waals surface area contributed by atoms with E-state index in [-0.39, 0.29) is 35.2 Å². The molecule has 4 saturated carbocycles. The quantitative estimate of drug-likeness (QED) is 0.633. The molecule has 0 spiro atoms. The van der Waals surface area contributed by atoms with Crippen LogP contribution < -0.4 is 0 Å². The van der Waals surface area contributed by atoms with Crippen molar-refractivity contribution in [3.63, 3.8) is 0 Å². The van der Waals surface area contributed by atoms with Gasteiger partial charge in [-0.2, -0.15) is 0 Å². The minimum Gasteiger partial charge on any atom is -0.481 e. The molecule has 0 aliphatic heterocycles. The molecule has 10 atom stereocenters. The van der Waals surface area contributed by atoms with E-state index in [0.717, 1.165) is 51.4 Å². The summed E-state index contributed by atoms with van der Waals surface area (Å²) in [6, 6.07) is 0. The molecule has 0 heterocycles. The Bertz CT molecular complexity index is 689. The summed E-state index contributed by atoms with van der Waals surface area (Å²) in [5.74, 6) is 2.31. The lowest BCUT2D eigenvalue weighted by Crippen LogP contribution is -2.60. The van der Waals surface area contributed by atoms with E-state index in [9.17, 15) is 14.7 Å². The summed E-state index contributed by atoms with van der Waals surface area (Å²) in [6.07, 6.45) is 9.01. The van der Waals surface area contributed by atoms with Crippen molar-refractivity contribution in [3.05, 3.63) is 0 Å². The number of carbonyl (C=O) groups is 2.